The summed E-state index contributed by atoms with van der Waals surface area (Å²) >= 11 is 0. The highest BCUT2D eigenvalue weighted by Crippen LogP contribution is 2.33. The van der Waals surface area contributed by atoms with Crippen LogP contribution in [0.25, 0.3) is 11.1 Å². The highest BCUT2D eigenvalue weighted by Gasteiger charge is 2.44. The maximum Gasteiger partial charge on any atom is 0.337 e. The topological polar surface area (TPSA) is 126 Å². The molecule has 0 aromatic heterocycles. The fourth-order valence-corrected chi connectivity index (χ4v) is 3.03. The minimum absolute atomic E-state index is 0.328. The van der Waals surface area contributed by atoms with Gasteiger partial charge in [0.15, 0.2) is 0 Å². The van der Waals surface area contributed by atoms with Gasteiger partial charge in [0.25, 0.3) is 0 Å². The van der Waals surface area contributed by atoms with Gasteiger partial charge in [0.1, 0.15) is 30.2 Å². The van der Waals surface area contributed by atoms with E-state index < -0.39 is 43.3 Å². The average Bonchev–Trinajstić information content (AvgIpc) is 2.74. The second-order valence-corrected chi connectivity index (χ2v) is 6.38. The first-order chi connectivity index (χ1) is 13.5. The zero-order chi connectivity index (χ0) is 20.3. The number of hydrogen-bond donors (Lipinski definition) is 4. The Labute approximate surface area is 161 Å². The number of ether oxygens (including phenoxy) is 3. The zero-order valence-electron chi connectivity index (χ0n) is 15.1. The van der Waals surface area contributed by atoms with Crippen LogP contribution in [0.1, 0.15) is 10.4 Å². The van der Waals surface area contributed by atoms with E-state index in [0.717, 1.165) is 0 Å². The molecule has 1 heterocycles. The number of carbonyl (C=O) groups is 1. The van der Waals surface area contributed by atoms with Crippen molar-refractivity contribution >= 4 is 5.97 Å². The minimum Gasteiger partial charge on any atom is -0.465 e. The maximum absolute atomic E-state index is 11.8. The Morgan fingerprint density at radius 3 is 2.50 bits per heavy atom. The Morgan fingerprint density at radius 2 is 1.79 bits per heavy atom. The van der Waals surface area contributed by atoms with Crippen LogP contribution in [0.15, 0.2) is 48.5 Å². The average molecular weight is 390 g/mol. The van der Waals surface area contributed by atoms with Crippen LogP contribution in [0.3, 0.4) is 0 Å². The molecule has 4 N–H and O–H groups in total. The molecule has 2 aromatic carbocycles. The van der Waals surface area contributed by atoms with E-state index in [4.69, 9.17) is 14.2 Å². The van der Waals surface area contributed by atoms with Crippen molar-refractivity contribution in [3.05, 3.63) is 54.1 Å². The van der Waals surface area contributed by atoms with Crippen LogP contribution in [0.5, 0.6) is 5.75 Å². The van der Waals surface area contributed by atoms with Crippen LogP contribution >= 0.6 is 0 Å². The summed E-state index contributed by atoms with van der Waals surface area (Å²) in [6.07, 6.45) is -6.90. The molecule has 28 heavy (non-hydrogen) atoms. The van der Waals surface area contributed by atoms with E-state index >= 15 is 0 Å². The normalized spacial score (nSPS) is 27.2. The number of rotatable bonds is 5. The smallest absolute Gasteiger partial charge is 0.337 e. The number of benzene rings is 2. The Balaban J connectivity index is 1.90. The first kappa shape index (κ1) is 20.2. The van der Waals surface area contributed by atoms with E-state index in [1.54, 1.807) is 48.5 Å². The predicted molar refractivity (Wildman–Crippen MR) is 97.6 cm³/mol. The van der Waals surface area contributed by atoms with Crippen molar-refractivity contribution in [3.8, 4) is 16.9 Å². The molecule has 0 spiro atoms. The number of methoxy groups -OCH3 is 1. The van der Waals surface area contributed by atoms with Crippen LogP contribution in [-0.4, -0.2) is 70.8 Å². The molecule has 0 amide bonds. The van der Waals surface area contributed by atoms with Gasteiger partial charge in [-0.25, -0.2) is 4.79 Å². The molecule has 1 aliphatic rings. The van der Waals surface area contributed by atoms with Crippen molar-refractivity contribution in [2.75, 3.05) is 13.7 Å². The second-order valence-electron chi connectivity index (χ2n) is 6.38. The van der Waals surface area contributed by atoms with E-state index in [1.807, 2.05) is 0 Å². The predicted octanol–water partition coefficient (Wildman–Crippen LogP) is 0.319. The van der Waals surface area contributed by atoms with Gasteiger partial charge >= 0.3 is 5.97 Å². The number of hydrogen-bond acceptors (Lipinski definition) is 8. The van der Waals surface area contributed by atoms with Gasteiger partial charge in [0.05, 0.1) is 19.3 Å². The van der Waals surface area contributed by atoms with Gasteiger partial charge in [-0.05, 0) is 23.8 Å². The summed E-state index contributed by atoms with van der Waals surface area (Å²) in [6, 6.07) is 13.6. The molecular formula is C20H22O8. The fraction of sp³-hybridized carbons (Fsp3) is 0.350. The van der Waals surface area contributed by atoms with Gasteiger partial charge in [-0.15, -0.1) is 0 Å². The van der Waals surface area contributed by atoms with E-state index in [2.05, 4.69) is 0 Å². The van der Waals surface area contributed by atoms with Crippen LogP contribution in [0.4, 0.5) is 0 Å². The largest absolute Gasteiger partial charge is 0.465 e. The Morgan fingerprint density at radius 1 is 1.04 bits per heavy atom. The standard InChI is InChI=1S/C20H22O8/c1-26-19(25)12-6-4-5-11(9-12)13-7-2-3-8-14(13)27-20-18(24)17(23)16(22)15(10-21)28-20/h2-9,15-18,20-24H,10H2,1H3/t15-,16+,17+,18-,20+/m1/s1. The highest BCUT2D eigenvalue weighted by molar-refractivity contribution is 5.91. The van der Waals surface area contributed by atoms with Crippen LogP contribution in [0, 0.1) is 0 Å². The van der Waals surface area contributed by atoms with Crippen LogP contribution in [0.2, 0.25) is 0 Å². The summed E-state index contributed by atoms with van der Waals surface area (Å²) in [5, 5.41) is 39.3. The lowest BCUT2D eigenvalue weighted by Gasteiger charge is -2.39. The molecule has 8 nitrogen and oxygen atoms in total. The van der Waals surface area contributed by atoms with E-state index in [0.29, 0.717) is 22.4 Å². The van der Waals surface area contributed by atoms with Crippen molar-refractivity contribution in [2.45, 2.75) is 30.7 Å². The van der Waals surface area contributed by atoms with E-state index in [1.165, 1.54) is 7.11 Å². The molecule has 0 bridgehead atoms. The first-order valence-corrected chi connectivity index (χ1v) is 8.71. The fourth-order valence-electron chi connectivity index (χ4n) is 3.03. The molecule has 2 aromatic rings. The molecule has 0 radical (unpaired) electrons. The molecule has 0 unspecified atom stereocenters. The molecule has 1 aliphatic heterocycles. The van der Waals surface area contributed by atoms with Crippen molar-refractivity contribution in [1.82, 2.24) is 0 Å². The first-order valence-electron chi connectivity index (χ1n) is 8.71. The van der Waals surface area contributed by atoms with Gasteiger partial charge in [0, 0.05) is 5.56 Å². The number of carbonyl (C=O) groups excluding carboxylic acids is 1. The lowest BCUT2D eigenvalue weighted by molar-refractivity contribution is -0.277. The molecule has 1 fully saturated rings. The van der Waals surface area contributed by atoms with Gasteiger partial charge < -0.3 is 34.6 Å². The summed E-state index contributed by atoms with van der Waals surface area (Å²) in [5.74, 6) is -0.150. The number of aliphatic hydroxyl groups excluding tert-OH is 4. The molecule has 3 rings (SSSR count). The molecule has 8 heteroatoms. The quantitative estimate of drug-likeness (QED) is 0.538. The summed E-state index contributed by atoms with van der Waals surface area (Å²) in [6.45, 7) is -0.548. The van der Waals surface area contributed by atoms with Gasteiger partial charge in [-0.2, -0.15) is 0 Å². The number of para-hydroxylation sites is 1. The molecule has 150 valence electrons. The SMILES string of the molecule is COC(=O)c1cccc(-c2ccccc2O[C@H]2O[C@H](CO)[C@H](O)[C@H](O)[C@H]2O)c1. The molecule has 0 aliphatic carbocycles. The Bertz CT molecular complexity index is 821. The van der Waals surface area contributed by atoms with Crippen LogP contribution in [-0.2, 0) is 9.47 Å². The monoisotopic (exact) mass is 390 g/mol. The minimum atomic E-state index is -1.54. The van der Waals surface area contributed by atoms with Crippen molar-refractivity contribution in [2.24, 2.45) is 0 Å². The lowest BCUT2D eigenvalue weighted by Crippen LogP contribution is -2.60. The molecule has 5 atom stereocenters. The maximum atomic E-state index is 11.8. The summed E-state index contributed by atoms with van der Waals surface area (Å²) in [4.78, 5) is 11.8. The molecule has 0 saturated carbocycles. The molecular weight excluding hydrogens is 368 g/mol. The highest BCUT2D eigenvalue weighted by atomic mass is 16.7. The Kier molecular flexibility index (Phi) is 6.28. The molecule has 1 saturated heterocycles. The lowest BCUT2D eigenvalue weighted by atomic mass is 9.99. The third-order valence-corrected chi connectivity index (χ3v) is 4.57. The van der Waals surface area contributed by atoms with E-state index in [-0.39, 0.29) is 0 Å². The summed E-state index contributed by atoms with van der Waals surface area (Å²) < 4.78 is 15.9. The van der Waals surface area contributed by atoms with Gasteiger partial charge in [0.2, 0.25) is 6.29 Å². The van der Waals surface area contributed by atoms with E-state index in [9.17, 15) is 25.2 Å². The summed E-state index contributed by atoms with van der Waals surface area (Å²) in [7, 11) is 1.30. The van der Waals surface area contributed by atoms with Gasteiger partial charge in [-0.1, -0.05) is 30.3 Å². The van der Waals surface area contributed by atoms with Gasteiger partial charge in [-0.3, -0.25) is 0 Å². The van der Waals surface area contributed by atoms with Crippen molar-refractivity contribution in [3.63, 3.8) is 0 Å². The number of esters is 1. The zero-order valence-corrected chi connectivity index (χ0v) is 15.1. The Hall–Kier alpha value is -2.49. The second kappa shape index (κ2) is 8.68. The number of aliphatic hydroxyl groups is 4. The third-order valence-electron chi connectivity index (χ3n) is 4.57. The van der Waals surface area contributed by atoms with Crippen molar-refractivity contribution < 1.29 is 39.4 Å². The van der Waals surface area contributed by atoms with Crippen LogP contribution < -0.4 is 4.74 Å². The summed E-state index contributed by atoms with van der Waals surface area (Å²) in [5.41, 5.74) is 1.65. The van der Waals surface area contributed by atoms with Crippen molar-refractivity contribution in [1.29, 1.82) is 0 Å². The third kappa shape index (κ3) is 4.01.